The molecule has 1 amide bonds. The highest BCUT2D eigenvalue weighted by Crippen LogP contribution is 2.28. The van der Waals surface area contributed by atoms with Gasteiger partial charge in [-0.15, -0.1) is 0 Å². The van der Waals surface area contributed by atoms with E-state index in [9.17, 15) is 4.79 Å². The maximum atomic E-state index is 11.4. The summed E-state index contributed by atoms with van der Waals surface area (Å²) in [4.78, 5) is 15.7. The van der Waals surface area contributed by atoms with Crippen molar-refractivity contribution in [3.05, 3.63) is 30.5 Å². The summed E-state index contributed by atoms with van der Waals surface area (Å²) in [6, 6.07) is 7.34. The largest absolute Gasteiger partial charge is 0.491 e. The smallest absolute Gasteiger partial charge is 0.222 e. The molecule has 3 N–H and O–H groups in total. The van der Waals surface area contributed by atoms with Crippen molar-refractivity contribution in [1.29, 1.82) is 0 Å². The topological polar surface area (TPSA) is 86.5 Å². The van der Waals surface area contributed by atoms with Crippen LogP contribution in [0.3, 0.4) is 0 Å². The average molecular weight is 315 g/mol. The molecule has 0 radical (unpaired) electrons. The molecular weight excluding hydrogens is 294 g/mol. The molecule has 23 heavy (non-hydrogen) atoms. The van der Waals surface area contributed by atoms with Crippen LogP contribution >= 0.6 is 0 Å². The Bertz CT molecular complexity index is 717. The van der Waals surface area contributed by atoms with Gasteiger partial charge in [0.25, 0.3) is 0 Å². The number of ether oxygens (including phenoxy) is 2. The zero-order chi connectivity index (χ0) is 16.4. The van der Waals surface area contributed by atoms with E-state index in [0.29, 0.717) is 18.9 Å². The molecular formula is C17H21N3O3. The van der Waals surface area contributed by atoms with Crippen molar-refractivity contribution in [2.24, 2.45) is 5.73 Å². The van der Waals surface area contributed by atoms with Gasteiger partial charge in [0.05, 0.1) is 12.1 Å². The van der Waals surface area contributed by atoms with E-state index in [0.717, 1.165) is 16.5 Å². The number of aromatic nitrogens is 1. The Kier molecular flexibility index (Phi) is 4.34. The van der Waals surface area contributed by atoms with E-state index in [1.807, 2.05) is 38.1 Å². The van der Waals surface area contributed by atoms with Crippen molar-refractivity contribution < 1.29 is 14.3 Å². The van der Waals surface area contributed by atoms with E-state index in [1.54, 1.807) is 6.20 Å². The minimum atomic E-state index is -0.225. The molecule has 1 aliphatic heterocycles. The monoisotopic (exact) mass is 315 g/mol. The van der Waals surface area contributed by atoms with Crippen LogP contribution in [0.5, 0.6) is 11.6 Å². The molecule has 1 saturated heterocycles. The highest BCUT2D eigenvalue weighted by Gasteiger charge is 2.30. The molecule has 6 nitrogen and oxygen atoms in total. The maximum absolute atomic E-state index is 11.4. The molecule has 1 aliphatic rings. The molecule has 2 atom stereocenters. The minimum absolute atomic E-state index is 0.0374. The molecule has 2 aromatic rings. The van der Waals surface area contributed by atoms with Crippen molar-refractivity contribution in [3.8, 4) is 11.6 Å². The van der Waals surface area contributed by atoms with Crippen molar-refractivity contribution in [2.45, 2.75) is 38.5 Å². The third-order valence-electron chi connectivity index (χ3n) is 3.76. The number of carbonyl (C=O) groups is 1. The number of hydrogen-bond acceptors (Lipinski definition) is 5. The molecule has 0 bridgehead atoms. The summed E-state index contributed by atoms with van der Waals surface area (Å²) < 4.78 is 11.5. The quantitative estimate of drug-likeness (QED) is 0.875. The van der Waals surface area contributed by atoms with Gasteiger partial charge in [0.1, 0.15) is 12.4 Å². The van der Waals surface area contributed by atoms with Crippen LogP contribution in [0.1, 0.15) is 20.3 Å². The number of pyridine rings is 1. The molecule has 0 spiro atoms. The third-order valence-corrected chi connectivity index (χ3v) is 3.76. The molecule has 0 aliphatic carbocycles. The molecule has 1 fully saturated rings. The molecule has 0 unspecified atom stereocenters. The fraction of sp³-hybridized carbons (Fsp3) is 0.412. The van der Waals surface area contributed by atoms with Crippen molar-refractivity contribution in [3.63, 3.8) is 0 Å². The van der Waals surface area contributed by atoms with E-state index < -0.39 is 0 Å². The number of carbonyl (C=O) groups excluding carboxylic acids is 1. The van der Waals surface area contributed by atoms with Crippen LogP contribution in [0, 0.1) is 0 Å². The minimum Gasteiger partial charge on any atom is -0.491 e. The second-order valence-corrected chi connectivity index (χ2v) is 6.02. The zero-order valence-corrected chi connectivity index (χ0v) is 13.3. The Labute approximate surface area is 135 Å². The number of nitrogens with two attached hydrogens (primary N) is 1. The van der Waals surface area contributed by atoms with Crippen LogP contribution in [0.25, 0.3) is 10.8 Å². The van der Waals surface area contributed by atoms with Crippen molar-refractivity contribution in [1.82, 2.24) is 10.3 Å². The zero-order valence-electron chi connectivity index (χ0n) is 13.3. The molecule has 1 aromatic carbocycles. The van der Waals surface area contributed by atoms with Crippen LogP contribution in [0.15, 0.2) is 30.5 Å². The van der Waals surface area contributed by atoms with Gasteiger partial charge in [-0.25, -0.2) is 4.98 Å². The number of hydrogen-bond donors (Lipinski definition) is 2. The Morgan fingerprint density at radius 1 is 1.39 bits per heavy atom. The van der Waals surface area contributed by atoms with Crippen LogP contribution < -0.4 is 20.5 Å². The SMILES string of the molecule is CC(C)Oc1ccc2ccnc(OC[C@H]3NC(=O)C[C@@H]3N)c2c1. The molecule has 2 heterocycles. The highest BCUT2D eigenvalue weighted by molar-refractivity contribution is 5.88. The lowest BCUT2D eigenvalue weighted by atomic mass is 10.1. The van der Waals surface area contributed by atoms with Crippen molar-refractivity contribution >= 4 is 16.7 Å². The first-order chi connectivity index (χ1) is 11.0. The first kappa shape index (κ1) is 15.6. The van der Waals surface area contributed by atoms with Gasteiger partial charge in [0, 0.05) is 24.0 Å². The second kappa shape index (κ2) is 6.42. The Morgan fingerprint density at radius 3 is 2.91 bits per heavy atom. The third kappa shape index (κ3) is 3.53. The van der Waals surface area contributed by atoms with Crippen LogP contribution in [-0.4, -0.2) is 35.7 Å². The molecule has 3 rings (SSSR count). The van der Waals surface area contributed by atoms with Crippen LogP contribution in [-0.2, 0) is 4.79 Å². The second-order valence-electron chi connectivity index (χ2n) is 6.02. The number of benzene rings is 1. The molecule has 6 heteroatoms. The van der Waals surface area contributed by atoms with Crippen molar-refractivity contribution in [2.75, 3.05) is 6.61 Å². The van der Waals surface area contributed by atoms with Crippen LogP contribution in [0.2, 0.25) is 0 Å². The summed E-state index contributed by atoms with van der Waals surface area (Å²) in [6.07, 6.45) is 2.14. The standard InChI is InChI=1S/C17H21N3O3/c1-10(2)23-12-4-3-11-5-6-19-17(13(11)7-12)22-9-15-14(18)8-16(21)20-15/h3-7,10,14-15H,8-9,18H2,1-2H3,(H,20,21)/t14-,15+/m0/s1. The normalized spacial score (nSPS) is 20.8. The number of amides is 1. The van der Waals surface area contributed by atoms with E-state index in [4.69, 9.17) is 15.2 Å². The van der Waals surface area contributed by atoms with E-state index >= 15 is 0 Å². The molecule has 122 valence electrons. The Hall–Kier alpha value is -2.34. The number of rotatable bonds is 5. The van der Waals surface area contributed by atoms with E-state index in [-0.39, 0.29) is 24.1 Å². The van der Waals surface area contributed by atoms with Gasteiger partial charge in [-0.2, -0.15) is 0 Å². The van der Waals surface area contributed by atoms with Gasteiger partial charge in [0.15, 0.2) is 0 Å². The first-order valence-electron chi connectivity index (χ1n) is 7.76. The Morgan fingerprint density at radius 2 is 2.22 bits per heavy atom. The lowest BCUT2D eigenvalue weighted by molar-refractivity contribution is -0.119. The Balaban J connectivity index is 1.80. The number of nitrogens with zero attached hydrogens (tertiary/aromatic N) is 1. The van der Waals surface area contributed by atoms with Crippen LogP contribution in [0.4, 0.5) is 0 Å². The lowest BCUT2D eigenvalue weighted by Gasteiger charge is -2.16. The average Bonchev–Trinajstić information content (AvgIpc) is 2.82. The van der Waals surface area contributed by atoms with Gasteiger partial charge < -0.3 is 20.5 Å². The van der Waals surface area contributed by atoms with Gasteiger partial charge in [-0.05, 0) is 37.4 Å². The summed E-state index contributed by atoms with van der Waals surface area (Å²) in [5.41, 5.74) is 5.92. The van der Waals surface area contributed by atoms with E-state index in [2.05, 4.69) is 10.3 Å². The predicted octanol–water partition coefficient (Wildman–Crippen LogP) is 1.62. The van der Waals surface area contributed by atoms with Gasteiger partial charge in [0.2, 0.25) is 11.8 Å². The summed E-state index contributed by atoms with van der Waals surface area (Å²) in [6.45, 7) is 4.26. The van der Waals surface area contributed by atoms with E-state index in [1.165, 1.54) is 0 Å². The lowest BCUT2D eigenvalue weighted by Crippen LogP contribution is -2.41. The summed E-state index contributed by atoms with van der Waals surface area (Å²) in [5, 5.41) is 4.72. The number of fused-ring (bicyclic) bond motifs is 1. The fourth-order valence-corrected chi connectivity index (χ4v) is 2.64. The molecule has 1 aromatic heterocycles. The van der Waals surface area contributed by atoms with Gasteiger partial charge in [-0.3, -0.25) is 4.79 Å². The summed E-state index contributed by atoms with van der Waals surface area (Å²) in [5.74, 6) is 1.26. The fourth-order valence-electron chi connectivity index (χ4n) is 2.64. The molecule has 0 saturated carbocycles. The predicted molar refractivity (Wildman–Crippen MR) is 87.5 cm³/mol. The first-order valence-corrected chi connectivity index (χ1v) is 7.76. The highest BCUT2D eigenvalue weighted by atomic mass is 16.5. The summed E-state index contributed by atoms with van der Waals surface area (Å²) in [7, 11) is 0. The van der Waals surface area contributed by atoms with Gasteiger partial charge in [-0.1, -0.05) is 6.07 Å². The maximum Gasteiger partial charge on any atom is 0.222 e. The van der Waals surface area contributed by atoms with Gasteiger partial charge >= 0.3 is 0 Å². The number of nitrogens with one attached hydrogen (secondary N) is 1. The summed E-state index contributed by atoms with van der Waals surface area (Å²) >= 11 is 0.